The van der Waals surface area contributed by atoms with E-state index in [2.05, 4.69) is 4.99 Å². The second-order valence-electron chi connectivity index (χ2n) is 3.48. The predicted molar refractivity (Wildman–Crippen MR) is 65.1 cm³/mol. The number of nitrogens with zero attached hydrogens (tertiary/aromatic N) is 2. The third-order valence-corrected chi connectivity index (χ3v) is 2.16. The minimum absolute atomic E-state index is 0.00700. The molecule has 0 aliphatic carbocycles. The van der Waals surface area contributed by atoms with E-state index in [1.165, 1.54) is 31.3 Å². The Hall–Kier alpha value is -2.44. The number of benzene rings is 1. The van der Waals surface area contributed by atoms with Crippen LogP contribution in [0.4, 0.5) is 5.69 Å². The predicted octanol–water partition coefficient (Wildman–Crippen LogP) is 1.02. The number of esters is 1. The molecule has 1 rings (SSSR count). The standard InChI is InChI=1S/C11H13N3O4/c1-13-10(12)6-11(15)18-7-8-2-4-9(5-3-8)14(16)17/h2-5H,6-7H2,1H3,(H2,12,13). The second kappa shape index (κ2) is 6.33. The summed E-state index contributed by atoms with van der Waals surface area (Å²) in [5.41, 5.74) is 6.03. The molecule has 0 saturated heterocycles. The fraction of sp³-hybridized carbons (Fsp3) is 0.273. The monoisotopic (exact) mass is 251 g/mol. The van der Waals surface area contributed by atoms with Crippen molar-refractivity contribution >= 4 is 17.5 Å². The fourth-order valence-electron chi connectivity index (χ4n) is 1.16. The van der Waals surface area contributed by atoms with Crippen LogP contribution in [0.5, 0.6) is 0 Å². The van der Waals surface area contributed by atoms with Crippen LogP contribution in [-0.2, 0) is 16.1 Å². The summed E-state index contributed by atoms with van der Waals surface area (Å²) in [5, 5.41) is 10.4. The van der Waals surface area contributed by atoms with Gasteiger partial charge in [0.15, 0.2) is 0 Å². The number of amidine groups is 1. The van der Waals surface area contributed by atoms with E-state index >= 15 is 0 Å². The topological polar surface area (TPSA) is 108 Å². The Balaban J connectivity index is 2.49. The molecule has 0 saturated carbocycles. The van der Waals surface area contributed by atoms with Crippen molar-refractivity contribution < 1.29 is 14.5 Å². The van der Waals surface area contributed by atoms with Crippen molar-refractivity contribution in [2.75, 3.05) is 7.05 Å². The first-order valence-electron chi connectivity index (χ1n) is 5.13. The molecule has 0 bridgehead atoms. The summed E-state index contributed by atoms with van der Waals surface area (Å²) in [4.78, 5) is 24.8. The van der Waals surface area contributed by atoms with E-state index in [1.807, 2.05) is 0 Å². The molecule has 96 valence electrons. The van der Waals surface area contributed by atoms with Gasteiger partial charge in [0, 0.05) is 19.2 Å². The summed E-state index contributed by atoms with van der Waals surface area (Å²) in [6.45, 7) is 0.0494. The van der Waals surface area contributed by atoms with E-state index in [4.69, 9.17) is 10.5 Å². The van der Waals surface area contributed by atoms with Crippen LogP contribution in [0.3, 0.4) is 0 Å². The number of carbonyl (C=O) groups excluding carboxylic acids is 1. The number of rotatable bonds is 5. The number of hydrogen-bond donors (Lipinski definition) is 1. The van der Waals surface area contributed by atoms with E-state index in [1.54, 1.807) is 0 Å². The Labute approximate surface area is 103 Å². The van der Waals surface area contributed by atoms with Gasteiger partial charge in [0.1, 0.15) is 18.9 Å². The van der Waals surface area contributed by atoms with Crippen molar-refractivity contribution in [3.05, 3.63) is 39.9 Å². The normalized spacial score (nSPS) is 11.1. The number of nitro benzene ring substituents is 1. The van der Waals surface area contributed by atoms with Crippen LogP contribution in [0.1, 0.15) is 12.0 Å². The zero-order valence-corrected chi connectivity index (χ0v) is 9.83. The lowest BCUT2D eigenvalue weighted by atomic mass is 10.2. The lowest BCUT2D eigenvalue weighted by Gasteiger charge is -2.04. The molecule has 7 heteroatoms. The summed E-state index contributed by atoms with van der Waals surface area (Å²) < 4.78 is 4.93. The average molecular weight is 251 g/mol. The maximum atomic E-state index is 11.3. The van der Waals surface area contributed by atoms with Crippen LogP contribution >= 0.6 is 0 Å². The molecule has 18 heavy (non-hydrogen) atoms. The van der Waals surface area contributed by atoms with Gasteiger partial charge >= 0.3 is 5.97 Å². The van der Waals surface area contributed by atoms with Crippen molar-refractivity contribution in [3.8, 4) is 0 Å². The van der Waals surface area contributed by atoms with Crippen molar-refractivity contribution in [2.45, 2.75) is 13.0 Å². The van der Waals surface area contributed by atoms with E-state index in [0.29, 0.717) is 5.56 Å². The van der Waals surface area contributed by atoms with Crippen molar-refractivity contribution in [1.29, 1.82) is 0 Å². The highest BCUT2D eigenvalue weighted by atomic mass is 16.6. The Morgan fingerprint density at radius 3 is 2.56 bits per heavy atom. The Morgan fingerprint density at radius 2 is 2.06 bits per heavy atom. The zero-order valence-electron chi connectivity index (χ0n) is 9.83. The lowest BCUT2D eigenvalue weighted by molar-refractivity contribution is -0.384. The summed E-state index contributed by atoms with van der Waals surface area (Å²) >= 11 is 0. The molecule has 0 atom stereocenters. The van der Waals surface area contributed by atoms with E-state index < -0.39 is 10.9 Å². The van der Waals surface area contributed by atoms with Crippen LogP contribution in [0, 0.1) is 10.1 Å². The van der Waals surface area contributed by atoms with Crippen molar-refractivity contribution in [2.24, 2.45) is 10.7 Å². The van der Waals surface area contributed by atoms with Gasteiger partial charge in [-0.15, -0.1) is 0 Å². The third kappa shape index (κ3) is 4.20. The largest absolute Gasteiger partial charge is 0.460 e. The highest BCUT2D eigenvalue weighted by Gasteiger charge is 2.07. The third-order valence-electron chi connectivity index (χ3n) is 2.16. The van der Waals surface area contributed by atoms with Gasteiger partial charge in [-0.3, -0.25) is 19.9 Å². The number of nitro groups is 1. The van der Waals surface area contributed by atoms with E-state index in [0.717, 1.165) is 0 Å². The van der Waals surface area contributed by atoms with Crippen LogP contribution in [-0.4, -0.2) is 23.8 Å². The molecule has 0 fully saturated rings. The maximum absolute atomic E-state index is 11.3. The molecule has 0 radical (unpaired) electrons. The highest BCUT2D eigenvalue weighted by Crippen LogP contribution is 2.12. The molecular formula is C11H13N3O4. The van der Waals surface area contributed by atoms with Crippen LogP contribution in [0.25, 0.3) is 0 Å². The maximum Gasteiger partial charge on any atom is 0.313 e. The van der Waals surface area contributed by atoms with Gasteiger partial charge in [0.2, 0.25) is 0 Å². The summed E-state index contributed by atoms with van der Waals surface area (Å²) in [5.74, 6) is -0.292. The number of ether oxygens (including phenoxy) is 1. The minimum atomic E-state index is -0.492. The highest BCUT2D eigenvalue weighted by molar-refractivity contribution is 5.96. The van der Waals surface area contributed by atoms with Crippen LogP contribution in [0.15, 0.2) is 29.3 Å². The Morgan fingerprint density at radius 1 is 1.44 bits per heavy atom. The number of nitrogens with two attached hydrogens (primary N) is 1. The first-order chi connectivity index (χ1) is 8.52. The first-order valence-corrected chi connectivity index (χ1v) is 5.13. The number of aliphatic imine (C=N–C) groups is 1. The number of non-ortho nitro benzene ring substituents is 1. The number of hydrogen-bond acceptors (Lipinski definition) is 5. The molecular weight excluding hydrogens is 238 g/mol. The molecule has 0 spiro atoms. The number of carbonyl (C=O) groups is 1. The minimum Gasteiger partial charge on any atom is -0.460 e. The van der Waals surface area contributed by atoms with Gasteiger partial charge < -0.3 is 10.5 Å². The van der Waals surface area contributed by atoms with Gasteiger partial charge in [-0.1, -0.05) is 0 Å². The molecule has 0 aromatic heterocycles. The zero-order chi connectivity index (χ0) is 13.5. The Bertz CT molecular complexity index is 468. The lowest BCUT2D eigenvalue weighted by Crippen LogP contribution is -2.18. The fourth-order valence-corrected chi connectivity index (χ4v) is 1.16. The average Bonchev–Trinajstić information content (AvgIpc) is 2.36. The van der Waals surface area contributed by atoms with Crippen LogP contribution < -0.4 is 5.73 Å². The van der Waals surface area contributed by atoms with Gasteiger partial charge in [0.05, 0.1) is 4.92 Å². The summed E-state index contributed by atoms with van der Waals surface area (Å²) in [6, 6.07) is 5.77. The van der Waals surface area contributed by atoms with Crippen molar-refractivity contribution in [1.82, 2.24) is 0 Å². The molecule has 7 nitrogen and oxygen atoms in total. The van der Waals surface area contributed by atoms with Gasteiger partial charge in [-0.05, 0) is 17.7 Å². The van der Waals surface area contributed by atoms with E-state index in [9.17, 15) is 14.9 Å². The molecule has 1 aromatic carbocycles. The summed E-state index contributed by atoms with van der Waals surface area (Å²) in [7, 11) is 1.49. The Kier molecular flexibility index (Phi) is 4.79. The van der Waals surface area contributed by atoms with Gasteiger partial charge in [-0.25, -0.2) is 0 Å². The molecule has 0 aliphatic heterocycles. The van der Waals surface area contributed by atoms with Gasteiger partial charge in [-0.2, -0.15) is 0 Å². The van der Waals surface area contributed by atoms with Crippen molar-refractivity contribution in [3.63, 3.8) is 0 Å². The molecule has 0 heterocycles. The second-order valence-corrected chi connectivity index (χ2v) is 3.48. The molecule has 0 amide bonds. The van der Waals surface area contributed by atoms with Gasteiger partial charge in [0.25, 0.3) is 5.69 Å². The quantitative estimate of drug-likeness (QED) is 0.276. The first kappa shape index (κ1) is 13.6. The SMILES string of the molecule is CN=C(N)CC(=O)OCc1ccc([N+](=O)[O-])cc1. The molecule has 0 aliphatic rings. The molecule has 0 unspecified atom stereocenters. The molecule has 2 N–H and O–H groups in total. The summed E-state index contributed by atoms with van der Waals surface area (Å²) in [6.07, 6.45) is -0.0660. The molecule has 1 aromatic rings. The van der Waals surface area contributed by atoms with E-state index in [-0.39, 0.29) is 24.6 Å². The van der Waals surface area contributed by atoms with Crippen LogP contribution in [0.2, 0.25) is 0 Å². The smallest absolute Gasteiger partial charge is 0.313 e.